The van der Waals surface area contributed by atoms with Gasteiger partial charge in [0.1, 0.15) is 17.2 Å². The van der Waals surface area contributed by atoms with Crippen molar-refractivity contribution in [2.75, 3.05) is 19.8 Å². The fourth-order valence-corrected chi connectivity index (χ4v) is 7.19. The van der Waals surface area contributed by atoms with E-state index in [0.29, 0.717) is 19.8 Å². The first-order valence-electron chi connectivity index (χ1n) is 20.9. The zero-order chi connectivity index (χ0) is 39.0. The van der Waals surface area contributed by atoms with Crippen molar-refractivity contribution in [2.24, 2.45) is 0 Å². The molecule has 6 rings (SSSR count). The third kappa shape index (κ3) is 11.7. The van der Waals surface area contributed by atoms with E-state index >= 15 is 0 Å². The van der Waals surface area contributed by atoms with Crippen LogP contribution < -0.4 is 14.2 Å². The maximum atomic E-state index is 6.66. The molecule has 286 valence electrons. The molecule has 0 saturated heterocycles. The molecule has 3 aromatic rings. The number of unbranched alkanes of at least 4 members (excludes halogenated alkanes) is 9. The lowest BCUT2D eigenvalue weighted by molar-refractivity contribution is 0.293. The summed E-state index contributed by atoms with van der Waals surface area (Å²) in [4.78, 5) is 0. The second-order valence-corrected chi connectivity index (χ2v) is 14.1. The second kappa shape index (κ2) is 24.0. The third-order valence-corrected chi connectivity index (χ3v) is 9.80. The van der Waals surface area contributed by atoms with Crippen LogP contribution in [0.2, 0.25) is 0 Å². The Morgan fingerprint density at radius 2 is 0.679 bits per heavy atom. The van der Waals surface area contributed by atoms with Gasteiger partial charge in [-0.3, -0.25) is 0 Å². The summed E-state index contributed by atoms with van der Waals surface area (Å²) >= 11 is 0. The summed E-state index contributed by atoms with van der Waals surface area (Å²) < 4.78 is 20.0. The minimum atomic E-state index is -0.0729. The van der Waals surface area contributed by atoms with Gasteiger partial charge in [0, 0.05) is 67.1 Å². The van der Waals surface area contributed by atoms with Gasteiger partial charge in [-0.2, -0.15) is 0 Å². The number of ether oxygens (including phenoxy) is 3. The number of hydrogen-bond acceptors (Lipinski definition) is 3. The molecule has 0 saturated carbocycles. The predicted octanol–water partition coefficient (Wildman–Crippen LogP) is 11.7. The van der Waals surface area contributed by atoms with Crippen LogP contribution in [0.3, 0.4) is 0 Å². The molecule has 3 aromatic carbocycles. The first kappa shape index (κ1) is 41.6. The first-order chi connectivity index (χ1) is 27.8. The molecule has 3 aliphatic rings. The largest absolute Gasteiger partial charge is 0.493 e. The Balaban J connectivity index is 1.35. The van der Waals surface area contributed by atoms with Gasteiger partial charge in [-0.15, -0.1) is 0 Å². The van der Waals surface area contributed by atoms with Gasteiger partial charge in [0.2, 0.25) is 0 Å². The van der Waals surface area contributed by atoms with E-state index in [4.69, 9.17) is 14.2 Å². The maximum Gasteiger partial charge on any atom is 0.123 e. The highest BCUT2D eigenvalue weighted by Crippen LogP contribution is 2.61. The monoisotopic (exact) mass is 740 g/mol. The fourth-order valence-electron chi connectivity index (χ4n) is 7.19. The Hall–Kier alpha value is -5.58. The molecule has 0 N–H and O–H groups in total. The maximum absolute atomic E-state index is 6.66. The molecule has 0 aliphatic heterocycles. The molecular formula is C53H56O3. The van der Waals surface area contributed by atoms with Crippen LogP contribution in [0.15, 0.2) is 54.6 Å². The lowest BCUT2D eigenvalue weighted by Crippen LogP contribution is -2.29. The smallest absolute Gasteiger partial charge is 0.123 e. The van der Waals surface area contributed by atoms with Crippen LogP contribution in [0, 0.1) is 71.0 Å². The van der Waals surface area contributed by atoms with Gasteiger partial charge in [0.25, 0.3) is 0 Å². The molecule has 3 aliphatic carbocycles. The molecular weight excluding hydrogens is 685 g/mol. The molecule has 0 spiro atoms. The van der Waals surface area contributed by atoms with Crippen molar-refractivity contribution in [3.63, 3.8) is 0 Å². The Labute approximate surface area is 338 Å². The van der Waals surface area contributed by atoms with E-state index in [1.165, 1.54) is 33.4 Å². The van der Waals surface area contributed by atoms with E-state index in [0.717, 1.165) is 114 Å². The number of hydrogen-bond donors (Lipinski definition) is 0. The summed E-state index contributed by atoms with van der Waals surface area (Å²) in [6.07, 6.45) is 14.1. The molecule has 0 atom stereocenters. The predicted molar refractivity (Wildman–Crippen MR) is 231 cm³/mol. The average Bonchev–Trinajstić information content (AvgIpc) is 3.22. The fraction of sp³-hybridized carbons (Fsp3) is 0.434. The van der Waals surface area contributed by atoms with Gasteiger partial charge in [0.15, 0.2) is 0 Å². The highest BCUT2D eigenvalue weighted by atomic mass is 16.5. The minimum absolute atomic E-state index is 0.0629. The third-order valence-electron chi connectivity index (χ3n) is 9.80. The van der Waals surface area contributed by atoms with Crippen LogP contribution in [0.5, 0.6) is 17.2 Å². The first-order valence-corrected chi connectivity index (χ1v) is 20.9. The van der Waals surface area contributed by atoms with Gasteiger partial charge < -0.3 is 14.2 Å². The van der Waals surface area contributed by atoms with Gasteiger partial charge in [-0.1, -0.05) is 92.7 Å². The molecule has 0 fully saturated rings. The quantitative estimate of drug-likeness (QED) is 0.0661. The van der Waals surface area contributed by atoms with Gasteiger partial charge in [-0.05, 0) is 128 Å². The van der Waals surface area contributed by atoms with Crippen molar-refractivity contribution in [1.29, 1.82) is 0 Å². The summed E-state index contributed by atoms with van der Waals surface area (Å²) in [7, 11) is 0. The summed E-state index contributed by atoms with van der Waals surface area (Å²) in [5.74, 6) is 39.5. The molecule has 0 aromatic heterocycles. The summed E-state index contributed by atoms with van der Waals surface area (Å²) in [6.45, 7) is 8.29. The average molecular weight is 741 g/mol. The van der Waals surface area contributed by atoms with E-state index < -0.39 is 0 Å². The molecule has 3 nitrogen and oxygen atoms in total. The lowest BCUT2D eigenvalue weighted by Gasteiger charge is -2.44. The second-order valence-electron chi connectivity index (χ2n) is 14.1. The number of benzene rings is 3. The highest BCUT2D eigenvalue weighted by Gasteiger charge is 2.46. The van der Waals surface area contributed by atoms with Crippen LogP contribution in [0.4, 0.5) is 0 Å². The van der Waals surface area contributed by atoms with Crippen molar-refractivity contribution >= 4 is 0 Å². The zero-order valence-electron chi connectivity index (χ0n) is 33.8. The van der Waals surface area contributed by atoms with Gasteiger partial charge >= 0.3 is 0 Å². The van der Waals surface area contributed by atoms with E-state index in [-0.39, 0.29) is 11.8 Å². The molecule has 0 heterocycles. The molecule has 2 bridgehead atoms. The summed E-state index contributed by atoms with van der Waals surface area (Å²) in [6, 6.07) is 19.7. The molecule has 56 heavy (non-hydrogen) atoms. The van der Waals surface area contributed by atoms with Crippen molar-refractivity contribution < 1.29 is 14.2 Å². The van der Waals surface area contributed by atoms with E-state index in [2.05, 4.69) is 146 Å². The Kier molecular flexibility index (Phi) is 17.9. The van der Waals surface area contributed by atoms with Crippen molar-refractivity contribution in [2.45, 2.75) is 129 Å². The van der Waals surface area contributed by atoms with Crippen molar-refractivity contribution in [1.82, 2.24) is 0 Å². The van der Waals surface area contributed by atoms with Gasteiger partial charge in [-0.25, -0.2) is 0 Å². The Bertz CT molecular complexity index is 1890. The lowest BCUT2D eigenvalue weighted by atomic mass is 9.60. The summed E-state index contributed by atoms with van der Waals surface area (Å²) in [5, 5.41) is 0. The van der Waals surface area contributed by atoms with Gasteiger partial charge in [0.05, 0.1) is 19.8 Å². The Morgan fingerprint density at radius 3 is 0.982 bits per heavy atom. The zero-order valence-corrected chi connectivity index (χ0v) is 33.8. The Morgan fingerprint density at radius 1 is 0.375 bits per heavy atom. The van der Waals surface area contributed by atoms with Crippen molar-refractivity contribution in [3.05, 3.63) is 88.0 Å². The molecule has 0 radical (unpaired) electrons. The van der Waals surface area contributed by atoms with Crippen LogP contribution in [0.25, 0.3) is 0 Å². The normalized spacial score (nSPS) is 13.3. The van der Waals surface area contributed by atoms with E-state index in [1.807, 2.05) is 0 Å². The van der Waals surface area contributed by atoms with Crippen LogP contribution in [-0.4, -0.2) is 19.8 Å². The number of rotatable bonds is 18. The molecule has 0 unspecified atom stereocenters. The standard InChI is InChI=1S/C53H56O3/c1-4-7-10-13-16-19-22-25-28-40-54-46-37-31-34-43-49-44-35-32-38-47(55-41-29-26-23-20-17-14-11-8-5-2)51(44)53(50(43)46)52-45(49)36-33-39-48(52)56-42-30-27-24-21-18-15-12-9-6-3/h31-39,49,53H,4-9,22-30,40-42H2,1-3H3. The van der Waals surface area contributed by atoms with E-state index in [9.17, 15) is 0 Å². The van der Waals surface area contributed by atoms with E-state index in [1.54, 1.807) is 0 Å². The SMILES string of the molecule is CCCC#CC#CCCCCOc1cccc2c1C1c3c(OCCCCC#CC#CCCC)cccc3C2c2cccc(OCCCCC#CC#CCCC)c21. The van der Waals surface area contributed by atoms with Crippen LogP contribution in [-0.2, 0) is 0 Å². The minimum Gasteiger partial charge on any atom is -0.493 e. The molecule has 3 heteroatoms. The topological polar surface area (TPSA) is 27.7 Å². The molecule has 0 amide bonds. The highest BCUT2D eigenvalue weighted by molar-refractivity contribution is 5.74. The van der Waals surface area contributed by atoms with Crippen LogP contribution >= 0.6 is 0 Å². The summed E-state index contributed by atoms with van der Waals surface area (Å²) in [5.41, 5.74) is 7.61. The van der Waals surface area contributed by atoms with Crippen LogP contribution in [0.1, 0.15) is 162 Å². The van der Waals surface area contributed by atoms with Crippen molar-refractivity contribution in [3.8, 4) is 88.3 Å².